The summed E-state index contributed by atoms with van der Waals surface area (Å²) in [5.41, 5.74) is 0.490. The molecule has 2 aliphatic heterocycles. The van der Waals surface area contributed by atoms with Crippen LogP contribution in [0.25, 0.3) is 0 Å². The third-order valence-electron chi connectivity index (χ3n) is 4.70. The van der Waals surface area contributed by atoms with Crippen molar-refractivity contribution >= 4 is 35.1 Å². The van der Waals surface area contributed by atoms with Crippen LogP contribution in [0.15, 0.2) is 24.3 Å². The number of amides is 2. The van der Waals surface area contributed by atoms with Crippen molar-refractivity contribution in [1.82, 2.24) is 4.90 Å². The number of piperidine rings is 1. The number of hydrogen-bond donors (Lipinski definition) is 0. The van der Waals surface area contributed by atoms with Gasteiger partial charge in [-0.1, -0.05) is 17.7 Å². The van der Waals surface area contributed by atoms with E-state index in [1.54, 1.807) is 31.2 Å². The molecule has 2 saturated heterocycles. The Morgan fingerprint density at radius 3 is 2.88 bits per heavy atom. The topological polar surface area (TPSA) is 66.9 Å². The molecule has 2 atom stereocenters. The van der Waals surface area contributed by atoms with Crippen LogP contribution in [0.4, 0.5) is 5.69 Å². The van der Waals surface area contributed by atoms with Crippen molar-refractivity contribution in [3.05, 3.63) is 29.3 Å². The maximum Gasteiger partial charge on any atom is 0.310 e. The van der Waals surface area contributed by atoms with Gasteiger partial charge in [-0.25, -0.2) is 4.90 Å². The number of rotatable bonds is 4. The number of nitrogens with zero attached hydrogens (tertiary/aromatic N) is 2. The third-order valence-corrected chi connectivity index (χ3v) is 4.94. The lowest BCUT2D eigenvalue weighted by molar-refractivity contribution is -0.150. The van der Waals surface area contributed by atoms with E-state index in [0.717, 1.165) is 12.8 Å². The number of carbonyl (C=O) groups excluding carboxylic acids is 3. The largest absolute Gasteiger partial charge is 0.466 e. The molecule has 134 valence electrons. The molecule has 2 amide bonds. The maximum atomic E-state index is 12.8. The summed E-state index contributed by atoms with van der Waals surface area (Å²) in [5.74, 6) is -0.959. The molecule has 0 bridgehead atoms. The van der Waals surface area contributed by atoms with Crippen molar-refractivity contribution in [2.45, 2.75) is 32.2 Å². The highest BCUT2D eigenvalue weighted by molar-refractivity contribution is 6.31. The van der Waals surface area contributed by atoms with Gasteiger partial charge in [0.15, 0.2) is 0 Å². The second-order valence-corrected chi connectivity index (χ2v) is 6.79. The Morgan fingerprint density at radius 1 is 1.36 bits per heavy atom. The standard InChI is InChI=1S/C18H21ClN2O4/c1-2-25-18(24)12-5-4-8-20(11-12)15-10-16(22)21(17(15)23)14-7-3-6-13(19)9-14/h3,6-7,9,12,15H,2,4-5,8,10-11H2,1H3/t12-,15+/m0/s1. The van der Waals surface area contributed by atoms with Gasteiger partial charge in [0.05, 0.1) is 30.7 Å². The van der Waals surface area contributed by atoms with Gasteiger partial charge >= 0.3 is 5.97 Å². The number of carbonyl (C=O) groups is 3. The lowest BCUT2D eigenvalue weighted by atomic mass is 9.96. The molecule has 0 aromatic heterocycles. The van der Waals surface area contributed by atoms with Crippen molar-refractivity contribution < 1.29 is 19.1 Å². The number of anilines is 1. The smallest absolute Gasteiger partial charge is 0.310 e. The van der Waals surface area contributed by atoms with Gasteiger partial charge in [0.25, 0.3) is 5.91 Å². The Balaban J connectivity index is 1.74. The summed E-state index contributed by atoms with van der Waals surface area (Å²) in [5, 5.41) is 0.474. The first-order chi connectivity index (χ1) is 12.0. The quantitative estimate of drug-likeness (QED) is 0.605. The van der Waals surface area contributed by atoms with E-state index >= 15 is 0 Å². The number of likely N-dealkylation sites (tertiary alicyclic amines) is 1. The van der Waals surface area contributed by atoms with Crippen LogP contribution < -0.4 is 4.90 Å². The number of hydrogen-bond acceptors (Lipinski definition) is 5. The fourth-order valence-corrected chi connectivity index (χ4v) is 3.71. The highest BCUT2D eigenvalue weighted by Crippen LogP contribution is 2.30. The zero-order valence-corrected chi connectivity index (χ0v) is 14.9. The Kier molecular flexibility index (Phi) is 5.39. The van der Waals surface area contributed by atoms with Crippen LogP contribution in [0.2, 0.25) is 5.02 Å². The van der Waals surface area contributed by atoms with E-state index in [-0.39, 0.29) is 30.1 Å². The summed E-state index contributed by atoms with van der Waals surface area (Å²) < 4.78 is 5.10. The molecule has 7 heteroatoms. The molecule has 0 radical (unpaired) electrons. The normalized spacial score (nSPS) is 24.6. The number of halogens is 1. The summed E-state index contributed by atoms with van der Waals surface area (Å²) >= 11 is 5.98. The van der Waals surface area contributed by atoms with E-state index in [0.29, 0.717) is 30.4 Å². The van der Waals surface area contributed by atoms with Crippen LogP contribution in [-0.4, -0.2) is 48.4 Å². The van der Waals surface area contributed by atoms with Gasteiger partial charge < -0.3 is 4.74 Å². The fraction of sp³-hybridized carbons (Fsp3) is 0.500. The van der Waals surface area contributed by atoms with E-state index in [4.69, 9.17) is 16.3 Å². The number of esters is 1. The molecular weight excluding hydrogens is 344 g/mol. The van der Waals surface area contributed by atoms with E-state index in [9.17, 15) is 14.4 Å². The van der Waals surface area contributed by atoms with Gasteiger partial charge in [-0.3, -0.25) is 19.3 Å². The number of ether oxygens (including phenoxy) is 1. The molecule has 1 aromatic carbocycles. The number of imide groups is 1. The zero-order valence-electron chi connectivity index (χ0n) is 14.1. The molecule has 2 heterocycles. The van der Waals surface area contributed by atoms with E-state index in [2.05, 4.69) is 0 Å². The Morgan fingerprint density at radius 2 is 2.16 bits per heavy atom. The van der Waals surface area contributed by atoms with Crippen LogP contribution in [0.1, 0.15) is 26.2 Å². The molecule has 0 saturated carbocycles. The maximum absolute atomic E-state index is 12.8. The van der Waals surface area contributed by atoms with Crippen molar-refractivity contribution in [3.63, 3.8) is 0 Å². The van der Waals surface area contributed by atoms with E-state index in [1.165, 1.54) is 4.90 Å². The van der Waals surface area contributed by atoms with Crippen LogP contribution >= 0.6 is 11.6 Å². The molecule has 0 aliphatic carbocycles. The molecule has 1 aromatic rings. The molecular formula is C18H21ClN2O4. The summed E-state index contributed by atoms with van der Waals surface area (Å²) in [7, 11) is 0. The zero-order chi connectivity index (χ0) is 18.0. The second kappa shape index (κ2) is 7.54. The fourth-order valence-electron chi connectivity index (χ4n) is 3.53. The first-order valence-corrected chi connectivity index (χ1v) is 8.92. The van der Waals surface area contributed by atoms with E-state index in [1.807, 2.05) is 4.90 Å². The predicted octanol–water partition coefficient (Wildman–Crippen LogP) is 2.25. The average Bonchev–Trinajstić information content (AvgIpc) is 2.90. The first-order valence-electron chi connectivity index (χ1n) is 8.54. The van der Waals surface area contributed by atoms with E-state index < -0.39 is 6.04 Å². The first kappa shape index (κ1) is 17.9. The Labute approximate surface area is 151 Å². The monoisotopic (exact) mass is 364 g/mol. The molecule has 6 nitrogen and oxygen atoms in total. The van der Waals surface area contributed by atoms with Crippen LogP contribution in [0.3, 0.4) is 0 Å². The van der Waals surface area contributed by atoms with Crippen molar-refractivity contribution in [2.24, 2.45) is 5.92 Å². The van der Waals surface area contributed by atoms with Crippen molar-refractivity contribution in [2.75, 3.05) is 24.6 Å². The summed E-state index contributed by atoms with van der Waals surface area (Å²) in [6.07, 6.45) is 1.68. The molecule has 25 heavy (non-hydrogen) atoms. The molecule has 2 fully saturated rings. The SMILES string of the molecule is CCOC(=O)[C@H]1CCCN([C@@H]2CC(=O)N(c3cccc(Cl)c3)C2=O)C1. The average molecular weight is 365 g/mol. The van der Waals surface area contributed by atoms with Crippen LogP contribution in [0, 0.1) is 5.92 Å². The lowest BCUT2D eigenvalue weighted by Gasteiger charge is -2.34. The molecule has 0 N–H and O–H groups in total. The van der Waals surface area contributed by atoms with Gasteiger partial charge in [-0.05, 0) is 44.5 Å². The van der Waals surface area contributed by atoms with Gasteiger partial charge in [-0.15, -0.1) is 0 Å². The van der Waals surface area contributed by atoms with Gasteiger partial charge in [-0.2, -0.15) is 0 Å². The predicted molar refractivity (Wildman–Crippen MR) is 93.3 cm³/mol. The van der Waals surface area contributed by atoms with Gasteiger partial charge in [0, 0.05) is 11.6 Å². The molecule has 2 aliphatic rings. The van der Waals surface area contributed by atoms with Gasteiger partial charge in [0.1, 0.15) is 0 Å². The van der Waals surface area contributed by atoms with Crippen molar-refractivity contribution in [3.8, 4) is 0 Å². The Hall–Kier alpha value is -1.92. The molecule has 0 spiro atoms. The van der Waals surface area contributed by atoms with Crippen molar-refractivity contribution in [1.29, 1.82) is 0 Å². The minimum atomic E-state index is -0.524. The molecule has 0 unspecified atom stereocenters. The lowest BCUT2D eigenvalue weighted by Crippen LogP contribution is -2.48. The highest BCUT2D eigenvalue weighted by Gasteiger charge is 2.44. The minimum Gasteiger partial charge on any atom is -0.466 e. The minimum absolute atomic E-state index is 0.126. The summed E-state index contributed by atoms with van der Waals surface area (Å²) in [6, 6.07) is 6.19. The third kappa shape index (κ3) is 3.70. The Bertz CT molecular complexity index is 693. The number of benzene rings is 1. The van der Waals surface area contributed by atoms with Crippen LogP contribution in [0.5, 0.6) is 0 Å². The second-order valence-electron chi connectivity index (χ2n) is 6.35. The van der Waals surface area contributed by atoms with Gasteiger partial charge in [0.2, 0.25) is 5.91 Å². The summed E-state index contributed by atoms with van der Waals surface area (Å²) in [6.45, 7) is 3.27. The molecule has 3 rings (SSSR count). The summed E-state index contributed by atoms with van der Waals surface area (Å²) in [4.78, 5) is 40.4. The van der Waals surface area contributed by atoms with Crippen LogP contribution in [-0.2, 0) is 19.1 Å². The highest BCUT2D eigenvalue weighted by atomic mass is 35.5.